The van der Waals surface area contributed by atoms with Crippen LogP contribution in [0.15, 0.2) is 24.4 Å². The molecule has 2 aliphatic heterocycles. The van der Waals surface area contributed by atoms with Crippen LogP contribution in [0.25, 0.3) is 11.0 Å². The van der Waals surface area contributed by atoms with Gasteiger partial charge in [0.05, 0.1) is 11.8 Å². The molecule has 8 nitrogen and oxygen atoms in total. The highest BCUT2D eigenvalue weighted by atomic mass is 19.4. The first-order chi connectivity index (χ1) is 18.5. The topological polar surface area (TPSA) is 113 Å². The number of alkyl halides is 3. The van der Waals surface area contributed by atoms with Crippen LogP contribution in [-0.4, -0.2) is 52.7 Å². The Kier molecular flexibility index (Phi) is 5.96. The number of halogens is 4. The summed E-state index contributed by atoms with van der Waals surface area (Å²) in [6.07, 6.45) is 0.147. The summed E-state index contributed by atoms with van der Waals surface area (Å²) in [7, 11) is 0. The molecule has 206 valence electrons. The van der Waals surface area contributed by atoms with Crippen LogP contribution in [0.2, 0.25) is 0 Å². The number of rotatable bonds is 3. The molecule has 12 heteroatoms. The van der Waals surface area contributed by atoms with E-state index < -0.39 is 18.0 Å². The molecule has 4 N–H and O–H groups in total. The number of piperidine rings is 1. The third-order valence-electron chi connectivity index (χ3n) is 8.34. The Bertz CT molecular complexity index is 1480. The van der Waals surface area contributed by atoms with Gasteiger partial charge < -0.3 is 25.7 Å². The number of amides is 2. The van der Waals surface area contributed by atoms with Gasteiger partial charge in [-0.2, -0.15) is 0 Å². The summed E-state index contributed by atoms with van der Waals surface area (Å²) in [4.78, 5) is 34.4. The standard InChI is InChI=1S/C27H27F4N5O3/c28-18-12-33-24-23(17-10-26(6-3-20(17)35-24)11-21(37)34-13-26)22(18)14-4-7-36(8-5-14)25(38)16-2-1-15(9-19(16)32)39-27(29,30)31/h1-2,9,12,14H,3-8,10-11,13,32H2,(H,33,35)(H,34,37)/t26-/m1/s1. The van der Waals surface area contributed by atoms with E-state index in [0.717, 1.165) is 41.6 Å². The second-order valence-electron chi connectivity index (χ2n) is 10.8. The van der Waals surface area contributed by atoms with Crippen LogP contribution in [0.1, 0.15) is 58.8 Å². The van der Waals surface area contributed by atoms with Crippen molar-refractivity contribution in [3.63, 3.8) is 0 Å². The van der Waals surface area contributed by atoms with Crippen LogP contribution in [0.3, 0.4) is 0 Å². The number of carbonyl (C=O) groups is 2. The molecule has 0 unspecified atom stereocenters. The maximum absolute atomic E-state index is 15.4. The van der Waals surface area contributed by atoms with Gasteiger partial charge in [0.2, 0.25) is 5.91 Å². The molecule has 0 bridgehead atoms. The largest absolute Gasteiger partial charge is 0.573 e. The molecule has 2 aromatic heterocycles. The lowest BCUT2D eigenvalue weighted by molar-refractivity contribution is -0.274. The number of likely N-dealkylation sites (tertiary alicyclic amines) is 1. The van der Waals surface area contributed by atoms with Crippen LogP contribution >= 0.6 is 0 Å². The number of fused-ring (bicyclic) bond motifs is 3. The van der Waals surface area contributed by atoms with Crippen LogP contribution in [-0.2, 0) is 17.6 Å². The molecule has 1 aliphatic carbocycles. The highest BCUT2D eigenvalue weighted by Gasteiger charge is 2.43. The first kappa shape index (κ1) is 25.4. The summed E-state index contributed by atoms with van der Waals surface area (Å²) in [6.45, 7) is 1.28. The molecule has 2 saturated heterocycles. The predicted octanol–water partition coefficient (Wildman–Crippen LogP) is 4.20. The molecular weight excluding hydrogens is 518 g/mol. The van der Waals surface area contributed by atoms with Gasteiger partial charge in [-0.15, -0.1) is 13.2 Å². The maximum atomic E-state index is 15.4. The molecule has 6 rings (SSSR count). The minimum atomic E-state index is -4.86. The number of nitrogens with zero attached hydrogens (tertiary/aromatic N) is 2. The van der Waals surface area contributed by atoms with Gasteiger partial charge in [0, 0.05) is 59.9 Å². The van der Waals surface area contributed by atoms with E-state index in [2.05, 4.69) is 20.0 Å². The van der Waals surface area contributed by atoms with Gasteiger partial charge in [0.1, 0.15) is 17.2 Å². The molecule has 1 atom stereocenters. The normalized spacial score (nSPS) is 21.8. The Hall–Kier alpha value is -3.83. The van der Waals surface area contributed by atoms with Crippen molar-refractivity contribution in [2.24, 2.45) is 5.41 Å². The SMILES string of the molecule is Nc1cc(OC(F)(F)F)ccc1C(=O)N1CCC(c2c(F)cnc3[nH]c4c(c23)C[C@@]2(CC4)CNC(=O)C2)CC1. The minimum absolute atomic E-state index is 0.0445. The predicted molar refractivity (Wildman–Crippen MR) is 134 cm³/mol. The van der Waals surface area contributed by atoms with E-state index in [0.29, 0.717) is 56.5 Å². The summed E-state index contributed by atoms with van der Waals surface area (Å²) in [5.41, 5.74) is 8.98. The summed E-state index contributed by atoms with van der Waals surface area (Å²) >= 11 is 0. The first-order valence-electron chi connectivity index (χ1n) is 12.9. The van der Waals surface area contributed by atoms with E-state index in [9.17, 15) is 22.8 Å². The number of pyridine rings is 1. The first-order valence-corrected chi connectivity index (χ1v) is 12.9. The van der Waals surface area contributed by atoms with E-state index in [1.54, 1.807) is 4.90 Å². The average molecular weight is 546 g/mol. The average Bonchev–Trinajstić information content (AvgIpc) is 3.42. The second kappa shape index (κ2) is 9.13. The van der Waals surface area contributed by atoms with Crippen molar-refractivity contribution in [3.8, 4) is 5.75 Å². The number of carbonyl (C=O) groups excluding carboxylic acids is 2. The summed E-state index contributed by atoms with van der Waals surface area (Å²) in [5, 5.41) is 3.73. The van der Waals surface area contributed by atoms with Crippen molar-refractivity contribution in [1.82, 2.24) is 20.2 Å². The number of aryl methyl sites for hydroxylation is 1. The number of anilines is 1. The number of nitrogen functional groups attached to an aromatic ring is 1. The zero-order valence-corrected chi connectivity index (χ0v) is 21.0. The van der Waals surface area contributed by atoms with Crippen molar-refractivity contribution in [2.45, 2.75) is 50.8 Å². The Morgan fingerprint density at radius 1 is 1.21 bits per heavy atom. The number of hydrogen-bond donors (Lipinski definition) is 3. The molecule has 3 aliphatic rings. The monoisotopic (exact) mass is 545 g/mol. The highest BCUT2D eigenvalue weighted by molar-refractivity contribution is 5.99. The fraction of sp³-hybridized carbons (Fsp3) is 0.444. The summed E-state index contributed by atoms with van der Waals surface area (Å²) in [5.74, 6) is -1.39. The molecule has 0 radical (unpaired) electrons. The molecule has 4 heterocycles. The third-order valence-corrected chi connectivity index (χ3v) is 8.34. The molecule has 1 spiro atoms. The van der Waals surface area contributed by atoms with Gasteiger partial charge in [-0.3, -0.25) is 9.59 Å². The van der Waals surface area contributed by atoms with E-state index in [-0.39, 0.29) is 34.3 Å². The lowest BCUT2D eigenvalue weighted by Gasteiger charge is -2.34. The Morgan fingerprint density at radius 2 is 1.97 bits per heavy atom. The van der Waals surface area contributed by atoms with E-state index in [1.807, 2.05) is 0 Å². The van der Waals surface area contributed by atoms with Crippen molar-refractivity contribution in [2.75, 3.05) is 25.4 Å². The zero-order valence-electron chi connectivity index (χ0n) is 21.0. The minimum Gasteiger partial charge on any atom is -0.406 e. The van der Waals surface area contributed by atoms with Crippen molar-refractivity contribution >= 4 is 28.5 Å². The Balaban J connectivity index is 1.22. The van der Waals surface area contributed by atoms with E-state index in [1.165, 1.54) is 12.3 Å². The fourth-order valence-corrected chi connectivity index (χ4v) is 6.46. The molecule has 3 aromatic rings. The fourth-order valence-electron chi connectivity index (χ4n) is 6.46. The van der Waals surface area contributed by atoms with Crippen molar-refractivity contribution in [1.29, 1.82) is 0 Å². The maximum Gasteiger partial charge on any atom is 0.573 e. The second-order valence-corrected chi connectivity index (χ2v) is 10.8. The number of aromatic amines is 1. The number of benzene rings is 1. The highest BCUT2D eigenvalue weighted by Crippen LogP contribution is 2.45. The van der Waals surface area contributed by atoms with Crippen LogP contribution in [0.4, 0.5) is 23.2 Å². The van der Waals surface area contributed by atoms with Gasteiger partial charge in [0.15, 0.2) is 0 Å². The van der Waals surface area contributed by atoms with Crippen LogP contribution in [0.5, 0.6) is 5.75 Å². The van der Waals surface area contributed by atoms with Crippen LogP contribution in [0, 0.1) is 11.2 Å². The third kappa shape index (κ3) is 4.65. The van der Waals surface area contributed by atoms with Gasteiger partial charge >= 0.3 is 6.36 Å². The number of H-pyrrole nitrogens is 1. The quantitative estimate of drug-likeness (QED) is 0.337. The van der Waals surface area contributed by atoms with E-state index >= 15 is 4.39 Å². The smallest absolute Gasteiger partial charge is 0.406 e. The molecule has 0 saturated carbocycles. The summed E-state index contributed by atoms with van der Waals surface area (Å²) in [6, 6.07) is 3.26. The molecule has 2 amide bonds. The van der Waals surface area contributed by atoms with Crippen molar-refractivity contribution < 1.29 is 31.9 Å². The summed E-state index contributed by atoms with van der Waals surface area (Å²) < 4.78 is 56.8. The number of ether oxygens (including phenoxy) is 1. The molecule has 2 fully saturated rings. The number of nitrogens with one attached hydrogen (secondary N) is 2. The zero-order chi connectivity index (χ0) is 27.5. The Morgan fingerprint density at radius 3 is 2.64 bits per heavy atom. The number of hydrogen-bond acceptors (Lipinski definition) is 5. The number of nitrogens with two attached hydrogens (primary N) is 1. The van der Waals surface area contributed by atoms with Gasteiger partial charge in [-0.25, -0.2) is 9.37 Å². The Labute approximate surface area is 220 Å². The van der Waals surface area contributed by atoms with Gasteiger partial charge in [0.25, 0.3) is 5.91 Å². The lowest BCUT2D eigenvalue weighted by Crippen LogP contribution is -2.38. The molecular formula is C27H27F4N5O3. The van der Waals surface area contributed by atoms with Crippen LogP contribution < -0.4 is 15.8 Å². The molecule has 39 heavy (non-hydrogen) atoms. The van der Waals surface area contributed by atoms with Gasteiger partial charge in [-0.1, -0.05) is 0 Å². The number of aromatic nitrogens is 2. The van der Waals surface area contributed by atoms with Crippen molar-refractivity contribution in [3.05, 3.63) is 52.6 Å². The van der Waals surface area contributed by atoms with E-state index in [4.69, 9.17) is 5.73 Å². The molecule has 1 aromatic carbocycles. The lowest BCUT2D eigenvalue weighted by atomic mass is 9.71. The van der Waals surface area contributed by atoms with Gasteiger partial charge in [-0.05, 0) is 55.7 Å².